The Kier molecular flexibility index (Phi) is 4.68. The number of hydrogen-bond acceptors (Lipinski definition) is 1. The molecule has 0 N–H and O–H groups in total. The Bertz CT molecular complexity index is 297. The summed E-state index contributed by atoms with van der Waals surface area (Å²) in [6, 6.07) is 11.5. The molecule has 0 aromatic heterocycles. The van der Waals surface area contributed by atoms with E-state index in [0.29, 0.717) is 6.04 Å². The number of benzene rings is 1. The Morgan fingerprint density at radius 1 is 1.19 bits per heavy atom. The van der Waals surface area contributed by atoms with E-state index in [1.165, 1.54) is 31.4 Å². The van der Waals surface area contributed by atoms with Gasteiger partial charge in [0.15, 0.2) is 0 Å². The highest BCUT2D eigenvalue weighted by molar-refractivity contribution is 6.17. The van der Waals surface area contributed by atoms with Gasteiger partial charge < -0.3 is 0 Å². The van der Waals surface area contributed by atoms with Gasteiger partial charge in [-0.05, 0) is 31.4 Å². The normalized spacial score (nSPS) is 22.2. The van der Waals surface area contributed by atoms with Crippen LogP contribution in [0.25, 0.3) is 0 Å². The Balaban J connectivity index is 1.96. The average molecular weight is 238 g/mol. The van der Waals surface area contributed by atoms with Crippen molar-refractivity contribution >= 4 is 11.6 Å². The van der Waals surface area contributed by atoms with Crippen LogP contribution >= 0.6 is 11.6 Å². The van der Waals surface area contributed by atoms with E-state index in [9.17, 15) is 0 Å². The third-order valence-corrected chi connectivity index (χ3v) is 3.64. The number of alkyl halides is 1. The first-order valence-corrected chi connectivity index (χ1v) is 6.77. The third-order valence-electron chi connectivity index (χ3n) is 3.42. The predicted octanol–water partition coefficient (Wildman–Crippen LogP) is 3.67. The number of likely N-dealkylation sites (tertiary alicyclic amines) is 1. The van der Waals surface area contributed by atoms with Crippen LogP contribution in [0.4, 0.5) is 0 Å². The molecule has 1 saturated heterocycles. The van der Waals surface area contributed by atoms with Crippen molar-refractivity contribution in [1.82, 2.24) is 4.90 Å². The van der Waals surface area contributed by atoms with Crippen LogP contribution in [0.1, 0.15) is 31.2 Å². The second-order valence-electron chi connectivity index (χ2n) is 4.58. The van der Waals surface area contributed by atoms with Gasteiger partial charge >= 0.3 is 0 Å². The van der Waals surface area contributed by atoms with Crippen molar-refractivity contribution < 1.29 is 0 Å². The summed E-state index contributed by atoms with van der Waals surface area (Å²) < 4.78 is 0. The summed E-state index contributed by atoms with van der Waals surface area (Å²) in [4.78, 5) is 2.60. The van der Waals surface area contributed by atoms with Crippen molar-refractivity contribution in [1.29, 1.82) is 0 Å². The van der Waals surface area contributed by atoms with Crippen LogP contribution in [0, 0.1) is 0 Å². The lowest BCUT2D eigenvalue weighted by atomic mass is 9.99. The monoisotopic (exact) mass is 237 g/mol. The molecule has 1 aromatic rings. The highest BCUT2D eigenvalue weighted by Gasteiger charge is 2.21. The molecule has 0 bridgehead atoms. The zero-order valence-electron chi connectivity index (χ0n) is 9.74. The van der Waals surface area contributed by atoms with Gasteiger partial charge in [-0.3, -0.25) is 4.90 Å². The van der Waals surface area contributed by atoms with E-state index in [4.69, 9.17) is 11.6 Å². The summed E-state index contributed by atoms with van der Waals surface area (Å²) >= 11 is 5.88. The molecule has 16 heavy (non-hydrogen) atoms. The third kappa shape index (κ3) is 3.23. The van der Waals surface area contributed by atoms with E-state index in [1.54, 1.807) is 0 Å². The molecule has 0 spiro atoms. The van der Waals surface area contributed by atoms with E-state index < -0.39 is 0 Å². The van der Waals surface area contributed by atoms with Gasteiger partial charge in [-0.15, -0.1) is 11.6 Å². The lowest BCUT2D eigenvalue weighted by Crippen LogP contribution is -2.39. The summed E-state index contributed by atoms with van der Waals surface area (Å²) in [6.07, 6.45) is 5.16. The maximum atomic E-state index is 5.88. The number of nitrogens with zero attached hydrogens (tertiary/aromatic N) is 1. The van der Waals surface area contributed by atoms with Gasteiger partial charge in [-0.2, -0.15) is 0 Å². The van der Waals surface area contributed by atoms with Gasteiger partial charge in [0.05, 0.1) is 0 Å². The smallest absolute Gasteiger partial charge is 0.0238 e. The Hall–Kier alpha value is -0.530. The van der Waals surface area contributed by atoms with Gasteiger partial charge in [-0.1, -0.05) is 36.8 Å². The predicted molar refractivity (Wildman–Crippen MR) is 69.8 cm³/mol. The van der Waals surface area contributed by atoms with E-state index in [1.807, 2.05) is 0 Å². The van der Waals surface area contributed by atoms with Crippen molar-refractivity contribution in [3.05, 3.63) is 35.9 Å². The summed E-state index contributed by atoms with van der Waals surface area (Å²) in [5, 5.41) is 0. The summed E-state index contributed by atoms with van der Waals surface area (Å²) in [5.74, 6) is 0.788. The molecule has 0 saturated carbocycles. The van der Waals surface area contributed by atoms with Gasteiger partial charge in [-0.25, -0.2) is 0 Å². The molecule has 1 fully saturated rings. The molecular formula is C14H20ClN. The van der Waals surface area contributed by atoms with E-state index in [2.05, 4.69) is 35.2 Å². The number of hydrogen-bond donors (Lipinski definition) is 0. The second-order valence-corrected chi connectivity index (χ2v) is 4.96. The Morgan fingerprint density at radius 3 is 2.75 bits per heavy atom. The molecule has 2 rings (SSSR count). The van der Waals surface area contributed by atoms with Gasteiger partial charge in [0.25, 0.3) is 0 Å². The molecule has 1 nitrogen and oxygen atoms in total. The van der Waals surface area contributed by atoms with E-state index >= 15 is 0 Å². The average Bonchev–Trinajstić information content (AvgIpc) is 2.33. The molecule has 1 heterocycles. The Morgan fingerprint density at radius 2 is 2.00 bits per heavy atom. The molecule has 0 radical (unpaired) electrons. The highest BCUT2D eigenvalue weighted by atomic mass is 35.5. The first-order valence-electron chi connectivity index (χ1n) is 6.24. The lowest BCUT2D eigenvalue weighted by molar-refractivity contribution is 0.137. The number of rotatable bonds is 4. The molecule has 1 aliphatic rings. The van der Waals surface area contributed by atoms with Crippen LogP contribution in [-0.4, -0.2) is 23.4 Å². The molecule has 1 aliphatic heterocycles. The fourth-order valence-corrected chi connectivity index (χ4v) is 2.79. The van der Waals surface area contributed by atoms with Gasteiger partial charge in [0, 0.05) is 18.5 Å². The molecule has 88 valence electrons. The first-order chi connectivity index (χ1) is 7.90. The molecule has 0 amide bonds. The van der Waals surface area contributed by atoms with E-state index in [-0.39, 0.29) is 0 Å². The number of piperidine rings is 1. The molecule has 1 atom stereocenters. The van der Waals surface area contributed by atoms with Gasteiger partial charge in [0.2, 0.25) is 0 Å². The number of halogens is 1. The molecule has 0 unspecified atom stereocenters. The van der Waals surface area contributed by atoms with Crippen LogP contribution < -0.4 is 0 Å². The zero-order valence-corrected chi connectivity index (χ0v) is 10.5. The minimum Gasteiger partial charge on any atom is -0.296 e. The van der Waals surface area contributed by atoms with Crippen LogP contribution in [0.2, 0.25) is 0 Å². The fraction of sp³-hybridized carbons (Fsp3) is 0.571. The van der Waals surface area contributed by atoms with Crippen molar-refractivity contribution in [3.63, 3.8) is 0 Å². The SMILES string of the molecule is ClCC[C@H]1CCCCN1Cc1ccccc1. The molecular weight excluding hydrogens is 218 g/mol. The first kappa shape index (κ1) is 11.9. The van der Waals surface area contributed by atoms with Crippen molar-refractivity contribution in [2.75, 3.05) is 12.4 Å². The van der Waals surface area contributed by atoms with Crippen molar-refractivity contribution in [2.24, 2.45) is 0 Å². The maximum absolute atomic E-state index is 5.88. The summed E-state index contributed by atoms with van der Waals surface area (Å²) in [5.41, 5.74) is 1.42. The minimum absolute atomic E-state index is 0.700. The fourth-order valence-electron chi connectivity index (χ4n) is 2.54. The standard InChI is InChI=1S/C14H20ClN/c15-10-9-14-8-4-5-11-16(14)12-13-6-2-1-3-7-13/h1-3,6-7,14H,4-5,8-12H2/t14-/m1/s1. The molecule has 2 heteroatoms. The largest absolute Gasteiger partial charge is 0.296 e. The van der Waals surface area contributed by atoms with Crippen molar-refractivity contribution in [3.8, 4) is 0 Å². The summed E-state index contributed by atoms with van der Waals surface area (Å²) in [7, 11) is 0. The lowest BCUT2D eigenvalue weighted by Gasteiger charge is -2.35. The summed E-state index contributed by atoms with van der Waals surface area (Å²) in [6.45, 7) is 2.32. The zero-order chi connectivity index (χ0) is 11.2. The Labute approximate surface area is 103 Å². The molecule has 0 aliphatic carbocycles. The topological polar surface area (TPSA) is 3.24 Å². The van der Waals surface area contributed by atoms with Crippen molar-refractivity contribution in [2.45, 2.75) is 38.3 Å². The second kappa shape index (κ2) is 6.27. The van der Waals surface area contributed by atoms with Crippen LogP contribution in [0.3, 0.4) is 0 Å². The van der Waals surface area contributed by atoms with Crippen LogP contribution in [0.5, 0.6) is 0 Å². The highest BCUT2D eigenvalue weighted by Crippen LogP contribution is 2.22. The maximum Gasteiger partial charge on any atom is 0.0238 e. The van der Waals surface area contributed by atoms with Gasteiger partial charge in [0.1, 0.15) is 0 Å². The molecule has 1 aromatic carbocycles. The van der Waals surface area contributed by atoms with Crippen LogP contribution in [-0.2, 0) is 6.54 Å². The van der Waals surface area contributed by atoms with Crippen LogP contribution in [0.15, 0.2) is 30.3 Å². The van der Waals surface area contributed by atoms with E-state index in [0.717, 1.165) is 18.8 Å². The quantitative estimate of drug-likeness (QED) is 0.723. The minimum atomic E-state index is 0.700.